The van der Waals surface area contributed by atoms with Crippen LogP contribution in [0.25, 0.3) is 0 Å². The van der Waals surface area contributed by atoms with E-state index in [-0.39, 0.29) is 0 Å². The Kier molecular flexibility index (Phi) is 3.39. The minimum atomic E-state index is -0.934. The van der Waals surface area contributed by atoms with Crippen molar-refractivity contribution in [2.24, 2.45) is 0 Å². The lowest BCUT2D eigenvalue weighted by atomic mass is 10.0. The van der Waals surface area contributed by atoms with Gasteiger partial charge in [0.1, 0.15) is 6.17 Å². The van der Waals surface area contributed by atoms with Crippen LogP contribution in [-0.2, 0) is 12.8 Å². The summed E-state index contributed by atoms with van der Waals surface area (Å²) in [6.45, 7) is 0.920. The number of para-hydroxylation sites is 1. The van der Waals surface area contributed by atoms with Crippen LogP contribution in [-0.4, -0.2) is 6.54 Å². The molecule has 94 valence electrons. The molecule has 3 rings (SSSR count). The molecule has 0 saturated heterocycles. The van der Waals surface area contributed by atoms with Gasteiger partial charge in [0.2, 0.25) is 0 Å². The molecule has 2 heterocycles. The minimum Gasteiger partial charge on any atom is -0.384 e. The molecule has 2 aromatic rings. The number of fused-ring (bicyclic) bond motifs is 1. The molecular formula is C14H13BrFNS. The largest absolute Gasteiger partial charge is 0.384 e. The van der Waals surface area contributed by atoms with Gasteiger partial charge in [-0.15, -0.1) is 11.3 Å². The fraction of sp³-hybridized carbons (Fsp3) is 0.286. The molecule has 0 spiro atoms. The number of thiophene rings is 1. The average molecular weight is 326 g/mol. The molecule has 1 aliphatic rings. The Hall–Kier alpha value is -0.870. The molecule has 0 aliphatic carbocycles. The van der Waals surface area contributed by atoms with Crippen LogP contribution in [0.4, 0.5) is 10.1 Å². The van der Waals surface area contributed by atoms with Crippen molar-refractivity contribution in [1.29, 1.82) is 0 Å². The van der Waals surface area contributed by atoms with E-state index in [1.165, 1.54) is 5.56 Å². The van der Waals surface area contributed by atoms with Crippen molar-refractivity contribution in [2.45, 2.75) is 19.0 Å². The quantitative estimate of drug-likeness (QED) is 0.860. The zero-order valence-electron chi connectivity index (χ0n) is 9.75. The van der Waals surface area contributed by atoms with Crippen molar-refractivity contribution in [3.8, 4) is 0 Å². The van der Waals surface area contributed by atoms with Gasteiger partial charge in [-0.2, -0.15) is 0 Å². The minimum absolute atomic E-state index is 0.453. The molecule has 1 unspecified atom stereocenters. The maximum absolute atomic E-state index is 14.4. The Morgan fingerprint density at radius 2 is 2.22 bits per heavy atom. The van der Waals surface area contributed by atoms with Gasteiger partial charge in [-0.3, -0.25) is 0 Å². The number of alkyl halides is 1. The Labute approximate surface area is 118 Å². The second kappa shape index (κ2) is 5.02. The van der Waals surface area contributed by atoms with Gasteiger partial charge in [-0.1, -0.05) is 18.2 Å². The summed E-state index contributed by atoms with van der Waals surface area (Å²) in [6, 6.07) is 9.88. The van der Waals surface area contributed by atoms with Crippen LogP contribution >= 0.6 is 27.3 Å². The summed E-state index contributed by atoms with van der Waals surface area (Å²) in [5.41, 5.74) is 3.05. The number of rotatable bonds is 3. The van der Waals surface area contributed by atoms with E-state index in [9.17, 15) is 4.39 Å². The highest BCUT2D eigenvalue weighted by atomic mass is 79.9. The Morgan fingerprint density at radius 1 is 1.33 bits per heavy atom. The molecule has 0 radical (unpaired) electrons. The second-order valence-corrected chi connectivity index (χ2v) is 6.98. The number of benzene rings is 1. The van der Waals surface area contributed by atoms with E-state index in [4.69, 9.17) is 0 Å². The van der Waals surface area contributed by atoms with E-state index in [0.29, 0.717) is 6.42 Å². The second-order valence-electron chi connectivity index (χ2n) is 4.44. The van der Waals surface area contributed by atoms with Gasteiger partial charge >= 0.3 is 0 Å². The highest BCUT2D eigenvalue weighted by Crippen LogP contribution is 2.35. The van der Waals surface area contributed by atoms with Crippen LogP contribution in [0, 0.1) is 0 Å². The highest BCUT2D eigenvalue weighted by molar-refractivity contribution is 9.11. The van der Waals surface area contributed by atoms with Crippen molar-refractivity contribution in [3.63, 3.8) is 0 Å². The summed E-state index contributed by atoms with van der Waals surface area (Å²) in [6.07, 6.45) is 0.519. The summed E-state index contributed by atoms with van der Waals surface area (Å²) in [5.74, 6) is 0. The van der Waals surface area contributed by atoms with Crippen molar-refractivity contribution >= 4 is 33.0 Å². The molecule has 0 amide bonds. The first kappa shape index (κ1) is 12.2. The van der Waals surface area contributed by atoms with E-state index in [1.54, 1.807) is 11.3 Å². The Morgan fingerprint density at radius 3 is 3.00 bits per heavy atom. The van der Waals surface area contributed by atoms with Gasteiger partial charge in [-0.25, -0.2) is 4.39 Å². The summed E-state index contributed by atoms with van der Waals surface area (Å²) < 4.78 is 15.5. The van der Waals surface area contributed by atoms with E-state index in [2.05, 4.69) is 27.3 Å². The van der Waals surface area contributed by atoms with Crippen LogP contribution in [0.3, 0.4) is 0 Å². The van der Waals surface area contributed by atoms with Crippen molar-refractivity contribution in [1.82, 2.24) is 0 Å². The van der Waals surface area contributed by atoms with Crippen LogP contribution in [0.2, 0.25) is 0 Å². The Bertz CT molecular complexity index is 567. The standard InChI is InChI=1S/C14H13BrFNS/c15-13-5-4-10(18-13)8-12(16)11-3-1-2-9-6-7-17-14(9)11/h1-5,12,17H,6-8H2. The van der Waals surface area contributed by atoms with Crippen LogP contribution in [0.1, 0.15) is 22.2 Å². The van der Waals surface area contributed by atoms with Gasteiger partial charge in [-0.05, 0) is 40.0 Å². The van der Waals surface area contributed by atoms with Crippen LogP contribution < -0.4 is 5.32 Å². The first-order valence-electron chi connectivity index (χ1n) is 5.98. The van der Waals surface area contributed by atoms with E-state index in [0.717, 1.165) is 32.9 Å². The topological polar surface area (TPSA) is 12.0 Å². The average Bonchev–Trinajstić information content (AvgIpc) is 2.97. The van der Waals surface area contributed by atoms with E-state index < -0.39 is 6.17 Å². The molecule has 1 atom stereocenters. The third-order valence-electron chi connectivity index (χ3n) is 3.23. The van der Waals surface area contributed by atoms with Crippen LogP contribution in [0.5, 0.6) is 0 Å². The molecule has 0 bridgehead atoms. The third kappa shape index (κ3) is 2.31. The van der Waals surface area contributed by atoms with Gasteiger partial charge in [0.05, 0.1) is 3.79 Å². The molecule has 1 N–H and O–H groups in total. The van der Waals surface area contributed by atoms with Crippen molar-refractivity contribution in [3.05, 3.63) is 50.1 Å². The van der Waals surface area contributed by atoms with Gasteiger partial charge < -0.3 is 5.32 Å². The highest BCUT2D eigenvalue weighted by Gasteiger charge is 2.20. The third-order valence-corrected chi connectivity index (χ3v) is 4.87. The number of hydrogen-bond donors (Lipinski definition) is 1. The lowest BCUT2D eigenvalue weighted by Crippen LogP contribution is -2.01. The summed E-state index contributed by atoms with van der Waals surface area (Å²) in [4.78, 5) is 1.07. The molecule has 1 nitrogen and oxygen atoms in total. The van der Waals surface area contributed by atoms with Crippen LogP contribution in [0.15, 0.2) is 34.1 Å². The first-order chi connectivity index (χ1) is 8.74. The molecular weight excluding hydrogens is 313 g/mol. The van der Waals surface area contributed by atoms with E-state index in [1.807, 2.05) is 24.3 Å². The maximum atomic E-state index is 14.4. The summed E-state index contributed by atoms with van der Waals surface area (Å²) in [5, 5.41) is 3.29. The fourth-order valence-electron chi connectivity index (χ4n) is 2.38. The van der Waals surface area contributed by atoms with Gasteiger partial charge in [0.15, 0.2) is 0 Å². The summed E-state index contributed by atoms with van der Waals surface area (Å²) >= 11 is 5.01. The van der Waals surface area contributed by atoms with Gasteiger partial charge in [0, 0.05) is 29.1 Å². The molecule has 1 aromatic heterocycles. The predicted molar refractivity (Wildman–Crippen MR) is 78.2 cm³/mol. The zero-order chi connectivity index (χ0) is 12.5. The molecule has 0 saturated carbocycles. The zero-order valence-corrected chi connectivity index (χ0v) is 12.2. The lowest BCUT2D eigenvalue weighted by molar-refractivity contribution is 0.345. The van der Waals surface area contributed by atoms with E-state index >= 15 is 0 Å². The molecule has 4 heteroatoms. The normalized spacial score (nSPS) is 15.2. The first-order valence-corrected chi connectivity index (χ1v) is 7.59. The van der Waals surface area contributed by atoms with Crippen molar-refractivity contribution < 1.29 is 4.39 Å². The SMILES string of the molecule is FC(Cc1ccc(Br)s1)c1cccc2c1NCC2. The number of hydrogen-bond acceptors (Lipinski definition) is 2. The molecule has 18 heavy (non-hydrogen) atoms. The predicted octanol–water partition coefficient (Wildman–Crippen LogP) is 4.73. The molecule has 1 aromatic carbocycles. The smallest absolute Gasteiger partial charge is 0.132 e. The number of anilines is 1. The van der Waals surface area contributed by atoms with Crippen molar-refractivity contribution in [2.75, 3.05) is 11.9 Å². The summed E-state index contributed by atoms with van der Waals surface area (Å²) in [7, 11) is 0. The Balaban J connectivity index is 1.84. The monoisotopic (exact) mass is 325 g/mol. The molecule has 1 aliphatic heterocycles. The molecule has 0 fully saturated rings. The number of halogens is 2. The fourth-order valence-corrected chi connectivity index (χ4v) is 3.88. The maximum Gasteiger partial charge on any atom is 0.132 e. The van der Waals surface area contributed by atoms with Gasteiger partial charge in [0.25, 0.3) is 0 Å². The number of nitrogens with one attached hydrogen (secondary N) is 1. The lowest BCUT2D eigenvalue weighted by Gasteiger charge is -2.12.